The van der Waals surface area contributed by atoms with Gasteiger partial charge < -0.3 is 9.64 Å². The van der Waals surface area contributed by atoms with Crippen molar-refractivity contribution in [2.75, 3.05) is 26.7 Å². The second-order valence-corrected chi connectivity index (χ2v) is 9.55. The van der Waals surface area contributed by atoms with Crippen LogP contribution in [0.15, 0.2) is 36.4 Å². The van der Waals surface area contributed by atoms with Crippen molar-refractivity contribution in [1.82, 2.24) is 9.80 Å². The molecule has 0 N–H and O–H groups in total. The molecule has 0 aromatic heterocycles. The SMILES string of the molecule is CN1C(=O)c2ccc(-c3ccc(F)cc3F)cc2O[C@H]2CN(CCC(C)(C)C)C[C@H]21. The van der Waals surface area contributed by atoms with Crippen LogP contribution in [0.3, 0.4) is 0 Å². The zero-order chi connectivity index (χ0) is 21.6. The molecule has 2 aromatic carbocycles. The van der Waals surface area contributed by atoms with Gasteiger partial charge in [-0.25, -0.2) is 8.78 Å². The third-order valence-corrected chi connectivity index (χ3v) is 6.04. The number of likely N-dealkylation sites (tertiary alicyclic amines) is 1. The molecular formula is C24H28F2N2O2. The standard InChI is InChI=1S/C24H28F2N2O2/c1-24(2,3)9-10-28-13-20-22(14-28)30-21-11-15(5-7-18(21)23(29)27(20)4)17-8-6-16(25)12-19(17)26/h5-8,11-12,20,22H,9-10,13-14H2,1-4H3/t20-,22+/m1/s1. The maximum absolute atomic E-state index is 14.3. The Labute approximate surface area is 176 Å². The molecule has 2 aliphatic rings. The minimum Gasteiger partial charge on any atom is -0.486 e. The number of carbonyl (C=O) groups excluding carboxylic acids is 1. The lowest BCUT2D eigenvalue weighted by Crippen LogP contribution is -2.44. The first kappa shape index (κ1) is 20.8. The van der Waals surface area contributed by atoms with Gasteiger partial charge in [0, 0.05) is 31.8 Å². The average molecular weight is 414 g/mol. The van der Waals surface area contributed by atoms with Crippen LogP contribution in [0.4, 0.5) is 8.78 Å². The highest BCUT2D eigenvalue weighted by atomic mass is 19.1. The van der Waals surface area contributed by atoms with Crippen LogP contribution in [0.5, 0.6) is 5.75 Å². The summed E-state index contributed by atoms with van der Waals surface area (Å²) in [6.45, 7) is 9.14. The number of likely N-dealkylation sites (N-methyl/N-ethyl adjacent to an activating group) is 1. The number of amides is 1. The lowest BCUT2D eigenvalue weighted by atomic mass is 9.92. The zero-order valence-electron chi connectivity index (χ0n) is 17.9. The Bertz CT molecular complexity index is 970. The highest BCUT2D eigenvalue weighted by Gasteiger charge is 2.42. The van der Waals surface area contributed by atoms with Gasteiger partial charge >= 0.3 is 0 Å². The monoisotopic (exact) mass is 414 g/mol. The molecular weight excluding hydrogens is 386 g/mol. The zero-order valence-corrected chi connectivity index (χ0v) is 17.9. The second-order valence-electron chi connectivity index (χ2n) is 9.55. The average Bonchev–Trinajstić information content (AvgIpc) is 3.04. The fourth-order valence-corrected chi connectivity index (χ4v) is 4.19. The molecule has 0 unspecified atom stereocenters. The van der Waals surface area contributed by atoms with E-state index in [-0.39, 0.29) is 29.0 Å². The molecule has 1 fully saturated rings. The van der Waals surface area contributed by atoms with E-state index in [1.807, 2.05) is 7.05 Å². The minimum absolute atomic E-state index is 0.0316. The van der Waals surface area contributed by atoms with E-state index in [1.165, 1.54) is 12.1 Å². The predicted octanol–water partition coefficient (Wildman–Crippen LogP) is 4.59. The normalized spacial score (nSPS) is 21.8. The summed E-state index contributed by atoms with van der Waals surface area (Å²) in [6, 6.07) is 8.51. The molecule has 4 rings (SSSR count). The predicted molar refractivity (Wildman–Crippen MR) is 113 cm³/mol. The number of fused-ring (bicyclic) bond motifs is 2. The molecule has 2 aromatic rings. The van der Waals surface area contributed by atoms with Crippen LogP contribution >= 0.6 is 0 Å². The Hall–Kier alpha value is -2.47. The first-order valence-electron chi connectivity index (χ1n) is 10.4. The second kappa shape index (κ2) is 7.65. The number of benzene rings is 2. The van der Waals surface area contributed by atoms with Crippen LogP contribution in [-0.4, -0.2) is 54.5 Å². The van der Waals surface area contributed by atoms with E-state index in [0.717, 1.165) is 32.1 Å². The van der Waals surface area contributed by atoms with Crippen molar-refractivity contribution in [1.29, 1.82) is 0 Å². The van der Waals surface area contributed by atoms with Crippen molar-refractivity contribution in [3.8, 4) is 16.9 Å². The van der Waals surface area contributed by atoms with E-state index >= 15 is 0 Å². The van der Waals surface area contributed by atoms with E-state index in [1.54, 1.807) is 23.1 Å². The highest BCUT2D eigenvalue weighted by molar-refractivity contribution is 5.98. The number of carbonyl (C=O) groups is 1. The van der Waals surface area contributed by atoms with Crippen LogP contribution in [0.25, 0.3) is 11.1 Å². The first-order valence-corrected chi connectivity index (χ1v) is 10.4. The van der Waals surface area contributed by atoms with Gasteiger partial charge in [0.1, 0.15) is 23.5 Å². The molecule has 0 radical (unpaired) electrons. The molecule has 0 aliphatic carbocycles. The third-order valence-electron chi connectivity index (χ3n) is 6.04. The number of ether oxygens (including phenoxy) is 1. The summed E-state index contributed by atoms with van der Waals surface area (Å²) in [4.78, 5) is 17.2. The van der Waals surface area contributed by atoms with Crippen LogP contribution < -0.4 is 4.74 Å². The topological polar surface area (TPSA) is 32.8 Å². The van der Waals surface area contributed by atoms with E-state index in [0.29, 0.717) is 16.9 Å². The molecule has 4 nitrogen and oxygen atoms in total. The summed E-state index contributed by atoms with van der Waals surface area (Å²) < 4.78 is 33.9. The van der Waals surface area contributed by atoms with Crippen molar-refractivity contribution < 1.29 is 18.3 Å². The maximum Gasteiger partial charge on any atom is 0.257 e. The first-order chi connectivity index (χ1) is 14.1. The van der Waals surface area contributed by atoms with Gasteiger partial charge in [0.2, 0.25) is 0 Å². The quantitative estimate of drug-likeness (QED) is 0.737. The van der Waals surface area contributed by atoms with Crippen molar-refractivity contribution in [2.45, 2.75) is 39.3 Å². The fraction of sp³-hybridized carbons (Fsp3) is 0.458. The highest BCUT2D eigenvalue weighted by Crippen LogP contribution is 2.35. The number of nitrogens with zero attached hydrogens (tertiary/aromatic N) is 2. The minimum atomic E-state index is -0.640. The maximum atomic E-state index is 14.3. The summed E-state index contributed by atoms with van der Waals surface area (Å²) in [5.74, 6) is -0.901. The van der Waals surface area contributed by atoms with Gasteiger partial charge in [-0.15, -0.1) is 0 Å². The molecule has 0 saturated carbocycles. The lowest BCUT2D eigenvalue weighted by molar-refractivity contribution is 0.0682. The van der Waals surface area contributed by atoms with Gasteiger partial charge in [-0.1, -0.05) is 26.8 Å². The Morgan fingerprint density at radius 2 is 1.80 bits per heavy atom. The summed E-state index contributed by atoms with van der Waals surface area (Å²) in [5, 5.41) is 0. The molecule has 2 atom stereocenters. The Morgan fingerprint density at radius 3 is 2.50 bits per heavy atom. The fourth-order valence-electron chi connectivity index (χ4n) is 4.19. The van der Waals surface area contributed by atoms with E-state index < -0.39 is 11.6 Å². The largest absolute Gasteiger partial charge is 0.486 e. The molecule has 1 saturated heterocycles. The van der Waals surface area contributed by atoms with Crippen LogP contribution in [0, 0.1) is 17.0 Å². The third kappa shape index (κ3) is 4.06. The smallest absolute Gasteiger partial charge is 0.257 e. The van der Waals surface area contributed by atoms with E-state index in [9.17, 15) is 13.6 Å². The molecule has 30 heavy (non-hydrogen) atoms. The van der Waals surface area contributed by atoms with Crippen molar-refractivity contribution in [3.05, 3.63) is 53.6 Å². The summed E-state index contributed by atoms with van der Waals surface area (Å²) >= 11 is 0. The number of halogens is 2. The van der Waals surface area contributed by atoms with Crippen LogP contribution in [-0.2, 0) is 0 Å². The molecule has 160 valence electrons. The number of rotatable bonds is 3. The van der Waals surface area contributed by atoms with Gasteiger partial charge in [0.05, 0.1) is 11.6 Å². The molecule has 2 heterocycles. The summed E-state index contributed by atoms with van der Waals surface area (Å²) in [6.07, 6.45) is 0.919. The molecule has 1 amide bonds. The van der Waals surface area contributed by atoms with Gasteiger partial charge in [0.15, 0.2) is 0 Å². The molecule has 6 heteroatoms. The number of hydrogen-bond donors (Lipinski definition) is 0. The van der Waals surface area contributed by atoms with Crippen molar-refractivity contribution in [3.63, 3.8) is 0 Å². The Balaban J connectivity index is 1.62. The Morgan fingerprint density at radius 1 is 1.07 bits per heavy atom. The molecule has 0 spiro atoms. The Kier molecular flexibility index (Phi) is 5.30. The van der Waals surface area contributed by atoms with E-state index in [4.69, 9.17) is 4.74 Å². The van der Waals surface area contributed by atoms with Crippen molar-refractivity contribution in [2.24, 2.45) is 5.41 Å². The van der Waals surface area contributed by atoms with Gasteiger partial charge in [-0.05, 0) is 48.2 Å². The molecule has 0 bridgehead atoms. The van der Waals surface area contributed by atoms with Gasteiger partial charge in [0.25, 0.3) is 5.91 Å². The van der Waals surface area contributed by atoms with Crippen molar-refractivity contribution >= 4 is 5.91 Å². The number of hydrogen-bond acceptors (Lipinski definition) is 3. The molecule has 2 aliphatic heterocycles. The summed E-state index contributed by atoms with van der Waals surface area (Å²) in [7, 11) is 1.82. The van der Waals surface area contributed by atoms with Crippen LogP contribution in [0.2, 0.25) is 0 Å². The van der Waals surface area contributed by atoms with Crippen LogP contribution in [0.1, 0.15) is 37.6 Å². The van der Waals surface area contributed by atoms with Gasteiger partial charge in [-0.3, -0.25) is 9.69 Å². The lowest BCUT2D eigenvalue weighted by Gasteiger charge is -2.26. The van der Waals surface area contributed by atoms with Gasteiger partial charge in [-0.2, -0.15) is 0 Å². The summed E-state index contributed by atoms with van der Waals surface area (Å²) in [5.41, 5.74) is 1.55. The van der Waals surface area contributed by atoms with E-state index in [2.05, 4.69) is 25.7 Å².